The van der Waals surface area contributed by atoms with Gasteiger partial charge in [-0.15, -0.1) is 0 Å². The molecule has 162 valence electrons. The number of nitriles is 1. The largest absolute Gasteiger partial charge is 0.497 e. The van der Waals surface area contributed by atoms with Gasteiger partial charge in [-0.2, -0.15) is 5.26 Å². The zero-order chi connectivity index (χ0) is 23.0. The zero-order valence-electron chi connectivity index (χ0n) is 17.9. The predicted molar refractivity (Wildman–Crippen MR) is 115 cm³/mol. The van der Waals surface area contributed by atoms with Crippen molar-refractivity contribution in [1.82, 2.24) is 5.32 Å². The number of para-hydroxylation sites is 1. The van der Waals surface area contributed by atoms with Crippen molar-refractivity contribution in [3.05, 3.63) is 59.7 Å². The molecular weight excluding hydrogens is 398 g/mol. The summed E-state index contributed by atoms with van der Waals surface area (Å²) in [5.74, 6) is -1.30. The number of rotatable bonds is 8. The molecule has 0 fully saturated rings. The van der Waals surface area contributed by atoms with Crippen LogP contribution >= 0.6 is 0 Å². The summed E-state index contributed by atoms with van der Waals surface area (Å²) in [6.45, 7) is 4.65. The van der Waals surface area contributed by atoms with Crippen LogP contribution in [-0.4, -0.2) is 37.0 Å². The molecule has 0 aliphatic rings. The van der Waals surface area contributed by atoms with Crippen LogP contribution in [0.4, 0.5) is 5.69 Å². The number of benzene rings is 2. The lowest BCUT2D eigenvalue weighted by Gasteiger charge is -2.27. The molecule has 0 saturated heterocycles. The first kappa shape index (κ1) is 23.4. The molecule has 8 nitrogen and oxygen atoms in total. The summed E-state index contributed by atoms with van der Waals surface area (Å²) in [5, 5.41) is 14.5. The third kappa shape index (κ3) is 6.06. The third-order valence-corrected chi connectivity index (χ3v) is 4.87. The van der Waals surface area contributed by atoms with E-state index in [2.05, 4.69) is 16.7 Å². The molecule has 31 heavy (non-hydrogen) atoms. The summed E-state index contributed by atoms with van der Waals surface area (Å²) in [6.07, 6.45) is 0. The number of ether oxygens (including phenoxy) is 2. The van der Waals surface area contributed by atoms with Gasteiger partial charge < -0.3 is 20.1 Å². The van der Waals surface area contributed by atoms with Gasteiger partial charge in [-0.3, -0.25) is 9.59 Å². The van der Waals surface area contributed by atoms with E-state index in [9.17, 15) is 19.6 Å². The highest BCUT2D eigenvalue weighted by molar-refractivity contribution is 6.08. The average Bonchev–Trinajstić information content (AvgIpc) is 2.77. The molecule has 2 amide bonds. The minimum atomic E-state index is -1.08. The van der Waals surface area contributed by atoms with Crippen LogP contribution in [0.3, 0.4) is 0 Å². The molecule has 0 spiro atoms. The number of nitrogens with zero attached hydrogens (tertiary/aromatic N) is 1. The number of carbonyl (C=O) groups is 3. The Kier molecular flexibility index (Phi) is 7.75. The topological polar surface area (TPSA) is 118 Å². The van der Waals surface area contributed by atoms with E-state index in [-0.39, 0.29) is 17.2 Å². The van der Waals surface area contributed by atoms with Gasteiger partial charge in [-0.1, -0.05) is 26.0 Å². The molecule has 8 heteroatoms. The maximum atomic E-state index is 12.5. The lowest BCUT2D eigenvalue weighted by molar-refractivity contribution is -0.125. The van der Waals surface area contributed by atoms with Crippen molar-refractivity contribution in [2.75, 3.05) is 19.0 Å². The van der Waals surface area contributed by atoms with Crippen molar-refractivity contribution in [3.8, 4) is 11.8 Å². The van der Waals surface area contributed by atoms with E-state index in [1.807, 2.05) is 0 Å². The number of methoxy groups -OCH3 is 1. The van der Waals surface area contributed by atoms with Crippen LogP contribution in [0.25, 0.3) is 0 Å². The molecule has 0 saturated carbocycles. The number of hydrogen-bond acceptors (Lipinski definition) is 6. The summed E-state index contributed by atoms with van der Waals surface area (Å²) in [6, 6.07) is 14.9. The highest BCUT2D eigenvalue weighted by Crippen LogP contribution is 2.19. The highest BCUT2D eigenvalue weighted by atomic mass is 16.5. The molecule has 2 N–H and O–H groups in total. The Balaban J connectivity index is 2.05. The number of amides is 2. The molecule has 0 radical (unpaired) electrons. The van der Waals surface area contributed by atoms with E-state index in [4.69, 9.17) is 9.47 Å². The Labute approximate surface area is 181 Å². The molecule has 0 unspecified atom stereocenters. The van der Waals surface area contributed by atoms with Gasteiger partial charge in [-0.05, 0) is 49.2 Å². The molecule has 2 aromatic carbocycles. The fourth-order valence-corrected chi connectivity index (χ4v) is 2.54. The first-order valence-electron chi connectivity index (χ1n) is 9.64. The second kappa shape index (κ2) is 10.3. The maximum absolute atomic E-state index is 12.5. The summed E-state index contributed by atoms with van der Waals surface area (Å²) in [4.78, 5) is 37.2. The van der Waals surface area contributed by atoms with Gasteiger partial charge in [0.1, 0.15) is 11.3 Å². The quantitative estimate of drug-likeness (QED) is 0.630. The molecule has 0 heterocycles. The van der Waals surface area contributed by atoms with Crippen molar-refractivity contribution >= 4 is 23.5 Å². The van der Waals surface area contributed by atoms with Crippen molar-refractivity contribution in [3.63, 3.8) is 0 Å². The first-order valence-corrected chi connectivity index (χ1v) is 9.64. The van der Waals surface area contributed by atoms with Crippen LogP contribution in [-0.2, 0) is 9.53 Å². The Hall–Kier alpha value is -3.86. The standard InChI is InChI=1S/C23H25N3O5/c1-15(2)23(3,14-24)26-20(27)13-31-22(29)18-7-5-6-8-19(18)25-21(28)16-9-11-17(30-4)12-10-16/h5-12,15H,13H2,1-4H3,(H,25,28)(H,26,27)/t23-/m1/s1. The molecule has 0 aromatic heterocycles. The first-order chi connectivity index (χ1) is 14.7. The maximum Gasteiger partial charge on any atom is 0.340 e. The Bertz CT molecular complexity index is 995. The molecular formula is C23H25N3O5. The van der Waals surface area contributed by atoms with Gasteiger partial charge in [-0.25, -0.2) is 4.79 Å². The van der Waals surface area contributed by atoms with E-state index in [1.54, 1.807) is 63.2 Å². The molecule has 0 aliphatic carbocycles. The van der Waals surface area contributed by atoms with Crippen LogP contribution < -0.4 is 15.4 Å². The Morgan fingerprint density at radius 3 is 2.32 bits per heavy atom. The molecule has 2 rings (SSSR count). The lowest BCUT2D eigenvalue weighted by Crippen LogP contribution is -2.50. The fraction of sp³-hybridized carbons (Fsp3) is 0.304. The Morgan fingerprint density at radius 1 is 1.10 bits per heavy atom. The summed E-state index contributed by atoms with van der Waals surface area (Å²) in [7, 11) is 1.53. The fourth-order valence-electron chi connectivity index (χ4n) is 2.54. The molecule has 2 aromatic rings. The van der Waals surface area contributed by atoms with Crippen LogP contribution in [0, 0.1) is 17.2 Å². The smallest absolute Gasteiger partial charge is 0.340 e. The molecule has 0 bridgehead atoms. The van der Waals surface area contributed by atoms with E-state index in [0.29, 0.717) is 11.3 Å². The summed E-state index contributed by atoms with van der Waals surface area (Å²) in [5.41, 5.74) is -0.344. The van der Waals surface area contributed by atoms with Gasteiger partial charge in [0.15, 0.2) is 6.61 Å². The highest BCUT2D eigenvalue weighted by Gasteiger charge is 2.30. The number of esters is 1. The van der Waals surface area contributed by atoms with Crippen LogP contribution in [0.15, 0.2) is 48.5 Å². The normalized spacial score (nSPS) is 12.3. The summed E-state index contributed by atoms with van der Waals surface area (Å²) >= 11 is 0. The zero-order valence-corrected chi connectivity index (χ0v) is 17.9. The minimum Gasteiger partial charge on any atom is -0.497 e. The van der Waals surface area contributed by atoms with Crippen LogP contribution in [0.5, 0.6) is 5.75 Å². The number of carbonyl (C=O) groups excluding carboxylic acids is 3. The van der Waals surface area contributed by atoms with Gasteiger partial charge >= 0.3 is 5.97 Å². The van der Waals surface area contributed by atoms with Crippen LogP contribution in [0.1, 0.15) is 41.5 Å². The van der Waals surface area contributed by atoms with Gasteiger partial charge in [0, 0.05) is 5.56 Å². The van der Waals surface area contributed by atoms with E-state index in [1.165, 1.54) is 13.2 Å². The van der Waals surface area contributed by atoms with Crippen molar-refractivity contribution < 1.29 is 23.9 Å². The number of nitrogens with one attached hydrogen (secondary N) is 2. The van der Waals surface area contributed by atoms with E-state index >= 15 is 0 Å². The van der Waals surface area contributed by atoms with Crippen molar-refractivity contribution in [1.29, 1.82) is 5.26 Å². The molecule has 1 atom stereocenters. The van der Waals surface area contributed by atoms with Gasteiger partial charge in [0.25, 0.3) is 11.8 Å². The van der Waals surface area contributed by atoms with Gasteiger partial charge in [0.05, 0.1) is 24.4 Å². The van der Waals surface area contributed by atoms with Crippen molar-refractivity contribution in [2.24, 2.45) is 5.92 Å². The summed E-state index contributed by atoms with van der Waals surface area (Å²) < 4.78 is 10.2. The van der Waals surface area contributed by atoms with Crippen molar-refractivity contribution in [2.45, 2.75) is 26.3 Å². The second-order valence-corrected chi connectivity index (χ2v) is 7.32. The Morgan fingerprint density at radius 2 is 1.74 bits per heavy atom. The monoisotopic (exact) mass is 423 g/mol. The minimum absolute atomic E-state index is 0.101. The van der Waals surface area contributed by atoms with Gasteiger partial charge in [0.2, 0.25) is 0 Å². The average molecular weight is 423 g/mol. The van der Waals surface area contributed by atoms with E-state index < -0.39 is 29.9 Å². The van der Waals surface area contributed by atoms with Crippen LogP contribution in [0.2, 0.25) is 0 Å². The van der Waals surface area contributed by atoms with E-state index in [0.717, 1.165) is 0 Å². The predicted octanol–water partition coefficient (Wildman–Crippen LogP) is 3.16. The molecule has 0 aliphatic heterocycles. The third-order valence-electron chi connectivity index (χ3n) is 4.87. The lowest BCUT2D eigenvalue weighted by atomic mass is 9.90. The SMILES string of the molecule is COc1ccc(C(=O)Nc2ccccc2C(=O)OCC(=O)N[C@](C)(C#N)C(C)C)cc1. The second-order valence-electron chi connectivity index (χ2n) is 7.32. The number of hydrogen-bond donors (Lipinski definition) is 2. The number of anilines is 1.